The van der Waals surface area contributed by atoms with Crippen LogP contribution in [0.15, 0.2) is 11.8 Å². The van der Waals surface area contributed by atoms with Crippen LogP contribution < -0.4 is 4.72 Å². The van der Waals surface area contributed by atoms with Crippen molar-refractivity contribution in [3.63, 3.8) is 0 Å². The van der Waals surface area contributed by atoms with Gasteiger partial charge in [0.1, 0.15) is 30.5 Å². The Morgan fingerprint density at radius 2 is 1.83 bits per heavy atom. The van der Waals surface area contributed by atoms with Crippen molar-refractivity contribution in [1.82, 2.24) is 4.72 Å². The van der Waals surface area contributed by atoms with Gasteiger partial charge < -0.3 is 34.3 Å². The molecule has 3 aliphatic heterocycles. The molecule has 0 aromatic carbocycles. The lowest BCUT2D eigenvalue weighted by Crippen LogP contribution is -2.62. The smallest absolute Gasteiger partial charge is 0.397 e. The molecule has 0 radical (unpaired) electrons. The monoisotopic (exact) mass is 479 g/mol. The van der Waals surface area contributed by atoms with Gasteiger partial charge in [-0.1, -0.05) is 0 Å². The van der Waals surface area contributed by atoms with Crippen molar-refractivity contribution in [2.24, 2.45) is 0 Å². The van der Waals surface area contributed by atoms with E-state index in [0.717, 1.165) is 0 Å². The van der Waals surface area contributed by atoms with Crippen molar-refractivity contribution in [2.75, 3.05) is 6.61 Å². The Kier molecular flexibility index (Phi) is 6.38. The molecule has 0 saturated carbocycles. The van der Waals surface area contributed by atoms with Gasteiger partial charge in [-0.3, -0.25) is 9.11 Å². The predicted molar refractivity (Wildman–Crippen MR) is 87.0 cm³/mol. The maximum atomic E-state index is 11.2. The van der Waals surface area contributed by atoms with E-state index >= 15 is 0 Å². The number of carboxylic acids is 1. The van der Waals surface area contributed by atoms with Crippen LogP contribution in [0.2, 0.25) is 0 Å². The first kappa shape index (κ1) is 23.2. The topological polar surface area (TPSA) is 245 Å². The molecule has 16 nitrogen and oxygen atoms in total. The lowest BCUT2D eigenvalue weighted by Gasteiger charge is -2.41. The fraction of sp³-hybridized carbons (Fsp3) is 0.750. The predicted octanol–water partition coefficient (Wildman–Crippen LogP) is -3.88. The second kappa shape index (κ2) is 8.24. The SMILES string of the molecule is O=C(O)C1=C[C@H](O)[C@@H](OS(=O)(=O)O)[C@H](OC2[C@@H]3CO[C@@H](O3)[C@H](NS(=O)(=O)O)[C@H]2O)O1. The van der Waals surface area contributed by atoms with Gasteiger partial charge >= 0.3 is 26.7 Å². The normalized spacial score (nSPS) is 39.3. The minimum atomic E-state index is -5.17. The lowest BCUT2D eigenvalue weighted by atomic mass is 9.99. The number of aliphatic hydroxyl groups is 2. The number of carboxylic acid groups (broad SMARTS) is 1. The van der Waals surface area contributed by atoms with Crippen LogP contribution in [0.4, 0.5) is 0 Å². The molecule has 6 N–H and O–H groups in total. The molecule has 3 aliphatic rings. The van der Waals surface area contributed by atoms with Crippen LogP contribution in [0.25, 0.3) is 0 Å². The zero-order chi connectivity index (χ0) is 22.4. The second-order valence-corrected chi connectivity index (χ2v) is 8.62. The van der Waals surface area contributed by atoms with E-state index < -0.39 is 81.6 Å². The molecule has 0 amide bonds. The van der Waals surface area contributed by atoms with Gasteiger partial charge in [-0.25, -0.2) is 8.98 Å². The minimum Gasteiger partial charge on any atom is -0.475 e. The van der Waals surface area contributed by atoms with Crippen LogP contribution in [0, 0.1) is 0 Å². The zero-order valence-electron chi connectivity index (χ0n) is 14.5. The van der Waals surface area contributed by atoms with E-state index in [9.17, 15) is 31.8 Å². The molecule has 3 heterocycles. The highest BCUT2D eigenvalue weighted by atomic mass is 32.3. The summed E-state index contributed by atoms with van der Waals surface area (Å²) in [6.45, 7) is -0.239. The molecule has 1 unspecified atom stereocenters. The van der Waals surface area contributed by atoms with Gasteiger partial charge in [0.15, 0.2) is 12.4 Å². The van der Waals surface area contributed by atoms with Gasteiger partial charge in [0.25, 0.3) is 0 Å². The Morgan fingerprint density at radius 3 is 2.40 bits per heavy atom. The zero-order valence-corrected chi connectivity index (χ0v) is 16.2. The van der Waals surface area contributed by atoms with E-state index in [1.165, 1.54) is 0 Å². The summed E-state index contributed by atoms with van der Waals surface area (Å²) in [6.07, 6.45) is -11.1. The molecule has 2 bridgehead atoms. The maximum Gasteiger partial charge on any atom is 0.397 e. The van der Waals surface area contributed by atoms with Crippen LogP contribution in [0.1, 0.15) is 0 Å². The van der Waals surface area contributed by atoms with Gasteiger partial charge in [0.2, 0.25) is 12.0 Å². The summed E-state index contributed by atoms with van der Waals surface area (Å²) in [5.74, 6) is -2.52. The van der Waals surface area contributed by atoms with Crippen LogP contribution in [-0.4, -0.2) is 103 Å². The highest BCUT2D eigenvalue weighted by Gasteiger charge is 2.54. The fourth-order valence-corrected chi connectivity index (χ4v) is 4.20. The Morgan fingerprint density at radius 1 is 1.17 bits per heavy atom. The minimum absolute atomic E-state index is 0.239. The fourth-order valence-electron chi connectivity index (χ4n) is 3.12. The summed E-state index contributed by atoms with van der Waals surface area (Å²) in [4.78, 5) is 11.2. The summed E-state index contributed by atoms with van der Waals surface area (Å²) >= 11 is 0. The van der Waals surface area contributed by atoms with Crippen molar-refractivity contribution in [3.8, 4) is 0 Å². The molecule has 2 saturated heterocycles. The molecule has 0 aromatic rings. The number of hydrogen-bond acceptors (Lipinski definition) is 12. The van der Waals surface area contributed by atoms with E-state index in [1.54, 1.807) is 4.72 Å². The quantitative estimate of drug-likeness (QED) is 0.191. The molecule has 3 rings (SSSR count). The van der Waals surface area contributed by atoms with Crippen LogP contribution in [0.5, 0.6) is 0 Å². The molecule has 0 aliphatic carbocycles. The molecular formula is C12H17NO15S2. The number of aliphatic carboxylic acids is 1. The molecule has 30 heavy (non-hydrogen) atoms. The van der Waals surface area contributed by atoms with Gasteiger partial charge in [-0.05, 0) is 6.08 Å². The van der Waals surface area contributed by atoms with Crippen molar-refractivity contribution < 1.29 is 69.2 Å². The van der Waals surface area contributed by atoms with Crippen molar-refractivity contribution in [1.29, 1.82) is 0 Å². The molecule has 0 spiro atoms. The average molecular weight is 479 g/mol. The Bertz CT molecular complexity index is 916. The molecule has 172 valence electrons. The molecular weight excluding hydrogens is 462 g/mol. The van der Waals surface area contributed by atoms with Crippen LogP contribution >= 0.6 is 0 Å². The Labute approximate surface area is 168 Å². The maximum absolute atomic E-state index is 11.2. The van der Waals surface area contributed by atoms with Crippen molar-refractivity contribution >= 4 is 26.7 Å². The van der Waals surface area contributed by atoms with E-state index in [-0.39, 0.29) is 6.61 Å². The van der Waals surface area contributed by atoms with Gasteiger partial charge in [-0.15, -0.1) is 0 Å². The largest absolute Gasteiger partial charge is 0.475 e. The highest BCUT2D eigenvalue weighted by Crippen LogP contribution is 2.33. The average Bonchev–Trinajstić information content (AvgIpc) is 3.02. The number of nitrogens with one attached hydrogen (secondary N) is 1. The third-order valence-electron chi connectivity index (χ3n) is 4.29. The van der Waals surface area contributed by atoms with Gasteiger partial charge in [0, 0.05) is 0 Å². The van der Waals surface area contributed by atoms with E-state index in [4.69, 9.17) is 33.2 Å². The van der Waals surface area contributed by atoms with E-state index in [0.29, 0.717) is 6.08 Å². The summed E-state index contributed by atoms with van der Waals surface area (Å²) in [7, 11) is -9.99. The first-order chi connectivity index (χ1) is 13.7. The van der Waals surface area contributed by atoms with Crippen molar-refractivity contribution in [3.05, 3.63) is 11.8 Å². The molecule has 2 fully saturated rings. The third kappa shape index (κ3) is 5.23. The highest BCUT2D eigenvalue weighted by molar-refractivity contribution is 7.83. The Hall–Kier alpha value is -1.45. The molecule has 8 atom stereocenters. The summed E-state index contributed by atoms with van der Waals surface area (Å²) < 4.78 is 89.0. The number of aliphatic hydroxyl groups excluding tert-OH is 2. The van der Waals surface area contributed by atoms with Crippen LogP contribution in [0.3, 0.4) is 0 Å². The summed E-state index contributed by atoms with van der Waals surface area (Å²) in [6, 6.07) is -1.58. The number of hydrogen-bond donors (Lipinski definition) is 6. The van der Waals surface area contributed by atoms with Crippen LogP contribution in [-0.2, 0) is 48.6 Å². The number of carbonyl (C=O) groups is 1. The summed E-state index contributed by atoms with van der Waals surface area (Å²) in [5.41, 5.74) is 0. The molecule has 18 heteroatoms. The first-order valence-electron chi connectivity index (χ1n) is 8.06. The summed E-state index contributed by atoms with van der Waals surface area (Å²) in [5, 5.41) is 29.6. The first-order valence-corrected chi connectivity index (χ1v) is 10.9. The number of fused-ring (bicyclic) bond motifs is 2. The lowest BCUT2D eigenvalue weighted by molar-refractivity contribution is -0.270. The van der Waals surface area contributed by atoms with E-state index in [2.05, 4.69) is 4.18 Å². The third-order valence-corrected chi connectivity index (χ3v) is 5.32. The molecule has 0 aromatic heterocycles. The standard InChI is InChI=1S/C12H17NO15S2/c14-3-1-4(10(16)17)25-12(8(3)28-30(21,22)23)27-9-5-2-24-11(26-5)6(7(9)15)13-29(18,19)20/h1,3,5-9,11-15H,2H2,(H,16,17)(H,18,19,20)(H,21,22,23)/t3-,5-,6+,7+,8+,9?,11-,12-/m0/s1. The Balaban J connectivity index is 1.86. The number of ether oxygens (including phenoxy) is 4. The van der Waals surface area contributed by atoms with Gasteiger partial charge in [-0.2, -0.15) is 21.6 Å². The van der Waals surface area contributed by atoms with Gasteiger partial charge in [0.05, 0.1) is 6.61 Å². The second-order valence-electron chi connectivity index (χ2n) is 6.39. The number of rotatable bonds is 7. The van der Waals surface area contributed by atoms with Crippen molar-refractivity contribution in [2.45, 2.75) is 49.1 Å². The van der Waals surface area contributed by atoms with E-state index in [1.807, 2.05) is 0 Å².